The fraction of sp³-hybridized carbons (Fsp3) is 0. The van der Waals surface area contributed by atoms with Gasteiger partial charge in [0.15, 0.2) is 0 Å². The predicted octanol–water partition coefficient (Wildman–Crippen LogP) is -0.0146. The topological polar surface area (TPSA) is 0 Å². The van der Waals surface area contributed by atoms with Crippen molar-refractivity contribution in [2.24, 2.45) is 0 Å². The van der Waals surface area contributed by atoms with Gasteiger partial charge in [0.1, 0.15) is 0 Å². The van der Waals surface area contributed by atoms with Crippen LogP contribution in [0.15, 0.2) is 0 Å². The number of hydrogen-bond acceptors (Lipinski definition) is 0. The third kappa shape index (κ3) is 30.6. The fourth-order valence-corrected chi connectivity index (χ4v) is 0. The Morgan fingerprint density at radius 2 is 0.500 bits per heavy atom. The maximum atomic E-state index is 0. The van der Waals surface area contributed by atoms with Gasteiger partial charge in [0.2, 0.25) is 0 Å². The second-order valence-electron chi connectivity index (χ2n) is 0. The van der Waals surface area contributed by atoms with Gasteiger partial charge in [-0.25, -0.2) is 0 Å². The van der Waals surface area contributed by atoms with Crippen molar-refractivity contribution in [2.75, 3.05) is 0 Å². The summed E-state index contributed by atoms with van der Waals surface area (Å²) in [6.07, 6.45) is 0. The molecule has 0 aromatic carbocycles. The average Bonchev–Trinajstić information content (AvgIpc) is 0. The van der Waals surface area contributed by atoms with Crippen molar-refractivity contribution in [3.63, 3.8) is 0 Å². The summed E-state index contributed by atoms with van der Waals surface area (Å²) in [7, 11) is 0. The quantitative estimate of drug-likeness (QED) is 0.550. The van der Waals surface area contributed by atoms with Crippen LogP contribution in [-0.2, 0) is 92.1 Å². The molecule has 0 atom stereocenters. The second kappa shape index (κ2) is 48.8. The molecule has 0 unspecified atom stereocenters. The molecule has 0 amide bonds. The summed E-state index contributed by atoms with van der Waals surface area (Å²) in [5.41, 5.74) is 0. The van der Waals surface area contributed by atoms with E-state index < -0.39 is 0 Å². The molecule has 0 saturated heterocycles. The molecule has 0 aromatic heterocycles. The number of rotatable bonds is 0. The van der Waals surface area contributed by atoms with Crippen molar-refractivity contribution in [3.8, 4) is 0 Å². The van der Waals surface area contributed by atoms with E-state index in [0.29, 0.717) is 0 Å². The van der Waals surface area contributed by atoms with Crippen molar-refractivity contribution in [1.82, 2.24) is 0 Å². The average molecular weight is 288 g/mol. The van der Waals surface area contributed by atoms with E-state index in [1.807, 2.05) is 0 Å². The molecule has 6 heavy (non-hydrogen) atoms. The van der Waals surface area contributed by atoms with Crippen LogP contribution in [-0.4, -0.2) is 0 Å². The molecule has 0 nitrogen and oxygen atoms in total. The standard InChI is InChI=1S/Cu.Mo.4S/q+2;;4*-2. The summed E-state index contributed by atoms with van der Waals surface area (Å²) in [6, 6.07) is 0. The Hall–Kier alpha value is 2.61. The summed E-state index contributed by atoms with van der Waals surface area (Å²) in [5.74, 6) is 0. The van der Waals surface area contributed by atoms with Gasteiger partial charge >= 0.3 is 17.1 Å². The molecular formula is CuMoS4-6. The van der Waals surface area contributed by atoms with Gasteiger partial charge in [0.25, 0.3) is 0 Å². The molecule has 0 aromatic rings. The molecule has 0 aliphatic carbocycles. The minimum atomic E-state index is 0. The molecule has 0 fully saturated rings. The van der Waals surface area contributed by atoms with Crippen LogP contribution in [0.5, 0.6) is 0 Å². The predicted molar refractivity (Wildman–Crippen MR) is 29.5 cm³/mol. The Labute approximate surface area is 91.1 Å². The minimum absolute atomic E-state index is 0. The minimum Gasteiger partial charge on any atom is -2.00 e. The fourth-order valence-electron chi connectivity index (χ4n) is 0. The van der Waals surface area contributed by atoms with Crippen LogP contribution in [0.1, 0.15) is 0 Å². The Bertz CT molecular complexity index is 7.51. The Morgan fingerprint density at radius 3 is 0.500 bits per heavy atom. The van der Waals surface area contributed by atoms with E-state index >= 15 is 0 Å². The zero-order valence-electron chi connectivity index (χ0n) is 2.34. The molecule has 0 spiro atoms. The van der Waals surface area contributed by atoms with Crippen LogP contribution in [0.4, 0.5) is 0 Å². The third-order valence-electron chi connectivity index (χ3n) is 0. The molecule has 1 radical (unpaired) electrons. The van der Waals surface area contributed by atoms with Crippen molar-refractivity contribution in [1.29, 1.82) is 0 Å². The molecule has 0 rings (SSSR count). The van der Waals surface area contributed by atoms with Gasteiger partial charge in [-0.1, -0.05) is 0 Å². The van der Waals surface area contributed by atoms with Gasteiger partial charge in [-0.3, -0.25) is 0 Å². The molecule has 47 valence electrons. The van der Waals surface area contributed by atoms with Crippen LogP contribution < -0.4 is 0 Å². The zero-order valence-corrected chi connectivity index (χ0v) is 8.56. The van der Waals surface area contributed by atoms with Crippen LogP contribution in [0.2, 0.25) is 0 Å². The van der Waals surface area contributed by atoms with Crippen LogP contribution in [0, 0.1) is 0 Å². The van der Waals surface area contributed by atoms with Gasteiger partial charge < -0.3 is 54.0 Å². The van der Waals surface area contributed by atoms with E-state index in [2.05, 4.69) is 0 Å². The van der Waals surface area contributed by atoms with E-state index in [4.69, 9.17) is 0 Å². The molecule has 0 aliphatic heterocycles. The third-order valence-corrected chi connectivity index (χ3v) is 0. The monoisotopic (exact) mass is 289 g/mol. The first-order valence-corrected chi connectivity index (χ1v) is 0. The first-order chi connectivity index (χ1) is 0. The smallest absolute Gasteiger partial charge is 2.00 e. The maximum Gasteiger partial charge on any atom is 2.00 e. The summed E-state index contributed by atoms with van der Waals surface area (Å²) in [6.45, 7) is 0. The van der Waals surface area contributed by atoms with Crippen LogP contribution in [0.3, 0.4) is 0 Å². The molecule has 0 saturated carbocycles. The van der Waals surface area contributed by atoms with E-state index in [0.717, 1.165) is 0 Å². The molecule has 0 aliphatic rings. The van der Waals surface area contributed by atoms with Crippen LogP contribution >= 0.6 is 0 Å². The van der Waals surface area contributed by atoms with E-state index in [9.17, 15) is 0 Å². The largest absolute Gasteiger partial charge is 2.00 e. The summed E-state index contributed by atoms with van der Waals surface area (Å²) in [4.78, 5) is 0. The van der Waals surface area contributed by atoms with E-state index in [1.165, 1.54) is 0 Å². The zero-order chi connectivity index (χ0) is 0. The van der Waals surface area contributed by atoms with Crippen LogP contribution in [0.25, 0.3) is 0 Å². The normalized spacial score (nSPS) is 0. The molecule has 0 heterocycles. The van der Waals surface area contributed by atoms with Gasteiger partial charge in [0, 0.05) is 21.1 Å². The first-order valence-electron chi connectivity index (χ1n) is 0. The van der Waals surface area contributed by atoms with Crippen molar-refractivity contribution in [3.05, 3.63) is 0 Å². The summed E-state index contributed by atoms with van der Waals surface area (Å²) >= 11 is 0. The Morgan fingerprint density at radius 1 is 0.500 bits per heavy atom. The van der Waals surface area contributed by atoms with E-state index in [-0.39, 0.29) is 92.1 Å². The summed E-state index contributed by atoms with van der Waals surface area (Å²) < 4.78 is 0. The second-order valence-corrected chi connectivity index (χ2v) is 0. The van der Waals surface area contributed by atoms with E-state index in [1.54, 1.807) is 0 Å². The van der Waals surface area contributed by atoms with Crippen molar-refractivity contribution >= 4 is 54.0 Å². The van der Waals surface area contributed by atoms with Gasteiger partial charge in [0.05, 0.1) is 0 Å². The molecule has 6 heteroatoms. The first kappa shape index (κ1) is 73.3. The maximum absolute atomic E-state index is 0. The molecular weight excluding hydrogens is 288 g/mol. The van der Waals surface area contributed by atoms with Gasteiger partial charge in [-0.15, -0.1) is 0 Å². The summed E-state index contributed by atoms with van der Waals surface area (Å²) in [5, 5.41) is 0. The van der Waals surface area contributed by atoms with Crippen molar-refractivity contribution < 1.29 is 38.1 Å². The molecule has 0 bridgehead atoms. The van der Waals surface area contributed by atoms with Gasteiger partial charge in [-0.05, 0) is 0 Å². The van der Waals surface area contributed by atoms with Gasteiger partial charge in [-0.2, -0.15) is 0 Å². The Kier molecular flexibility index (Phi) is 596. The Balaban J connectivity index is 0. The number of hydrogen-bond donors (Lipinski definition) is 0. The van der Waals surface area contributed by atoms with Crippen molar-refractivity contribution in [2.45, 2.75) is 0 Å². The molecule has 0 N–H and O–H groups in total. The SMILES string of the molecule is [Cu+2].[Mo].[S-2].[S-2].[S-2].[S-2].